The van der Waals surface area contributed by atoms with Gasteiger partial charge in [0.15, 0.2) is 0 Å². The van der Waals surface area contributed by atoms with Gasteiger partial charge in [0, 0.05) is 0 Å². The van der Waals surface area contributed by atoms with Crippen LogP contribution in [0.1, 0.15) is 25.7 Å². The van der Waals surface area contributed by atoms with Crippen molar-refractivity contribution in [3.63, 3.8) is 0 Å². The molecule has 0 aromatic heterocycles. The van der Waals surface area contributed by atoms with Crippen molar-refractivity contribution in [2.45, 2.75) is 25.7 Å². The van der Waals surface area contributed by atoms with E-state index in [9.17, 15) is 0 Å². The lowest BCUT2D eigenvalue weighted by atomic mass is 9.86. The molecule has 7 heavy (non-hydrogen) atoms. The Morgan fingerprint density at radius 2 is 2.29 bits per heavy atom. The fourth-order valence-corrected chi connectivity index (χ4v) is 0.999. The predicted octanol–water partition coefficient (Wildman–Crippen LogP) is 1.08. The van der Waals surface area contributed by atoms with E-state index in [-0.39, 0.29) is 0 Å². The van der Waals surface area contributed by atoms with Crippen molar-refractivity contribution in [2.24, 2.45) is 0 Å². The van der Waals surface area contributed by atoms with E-state index in [1.54, 1.807) is 5.47 Å². The Balaban J connectivity index is 2.40. The van der Waals surface area contributed by atoms with Crippen molar-refractivity contribution in [1.29, 1.82) is 0 Å². The van der Waals surface area contributed by atoms with Gasteiger partial charge in [0.05, 0.1) is 0 Å². The van der Waals surface area contributed by atoms with Gasteiger partial charge in [-0.15, -0.1) is 5.47 Å². The lowest BCUT2D eigenvalue weighted by Crippen LogP contribution is -1.89. The van der Waals surface area contributed by atoms with Gasteiger partial charge >= 0.3 is 0 Å². The lowest BCUT2D eigenvalue weighted by molar-refractivity contribution is 0.721. The van der Waals surface area contributed by atoms with Gasteiger partial charge in [-0.25, -0.2) is 0 Å². The zero-order valence-corrected chi connectivity index (χ0v) is 4.91. The van der Waals surface area contributed by atoms with E-state index in [1.807, 2.05) is 0 Å². The Bertz CT molecular complexity index is 84.2. The average Bonchev–Trinajstić information content (AvgIpc) is 1.69. The van der Waals surface area contributed by atoms with Gasteiger partial charge in [0.1, 0.15) is 7.85 Å². The van der Waals surface area contributed by atoms with Crippen LogP contribution in [0.3, 0.4) is 0 Å². The SMILES string of the molecule is BC1=CCCCC1. The van der Waals surface area contributed by atoms with Crippen molar-refractivity contribution < 1.29 is 0 Å². The summed E-state index contributed by atoms with van der Waals surface area (Å²) in [5.74, 6) is 0. The quantitative estimate of drug-likeness (QED) is 0.394. The minimum atomic E-state index is 1.33. The van der Waals surface area contributed by atoms with E-state index in [2.05, 4.69) is 13.9 Å². The van der Waals surface area contributed by atoms with E-state index in [4.69, 9.17) is 0 Å². The first-order valence-electron chi connectivity index (χ1n) is 3.05. The van der Waals surface area contributed by atoms with E-state index in [0.29, 0.717) is 0 Å². The lowest BCUT2D eigenvalue weighted by Gasteiger charge is -2.05. The molecular formula is C6H11B. The molecule has 0 aromatic rings. The van der Waals surface area contributed by atoms with Gasteiger partial charge in [-0.1, -0.05) is 12.5 Å². The van der Waals surface area contributed by atoms with Crippen molar-refractivity contribution in [3.05, 3.63) is 11.5 Å². The van der Waals surface area contributed by atoms with Gasteiger partial charge < -0.3 is 0 Å². The number of rotatable bonds is 0. The first-order valence-corrected chi connectivity index (χ1v) is 3.05. The molecule has 0 aliphatic heterocycles. The van der Waals surface area contributed by atoms with Crippen LogP contribution in [0.2, 0.25) is 0 Å². The summed E-state index contributed by atoms with van der Waals surface area (Å²) in [6.45, 7) is 0. The molecule has 0 N–H and O–H groups in total. The van der Waals surface area contributed by atoms with Gasteiger partial charge in [0.25, 0.3) is 0 Å². The summed E-state index contributed by atoms with van der Waals surface area (Å²) in [7, 11) is 2.22. The third kappa shape index (κ3) is 1.38. The van der Waals surface area contributed by atoms with Gasteiger partial charge in [-0.05, 0) is 19.3 Å². The molecule has 1 aliphatic rings. The molecule has 0 atom stereocenters. The normalized spacial score (nSPS) is 21.4. The molecule has 0 spiro atoms. The predicted molar refractivity (Wildman–Crippen MR) is 35.1 cm³/mol. The Hall–Kier alpha value is -0.195. The zero-order valence-electron chi connectivity index (χ0n) is 4.91. The van der Waals surface area contributed by atoms with Gasteiger partial charge in [0.2, 0.25) is 0 Å². The van der Waals surface area contributed by atoms with Crippen LogP contribution in [0.5, 0.6) is 0 Å². The summed E-state index contributed by atoms with van der Waals surface area (Å²) in [5, 5.41) is 0. The Morgan fingerprint density at radius 3 is 2.57 bits per heavy atom. The third-order valence-electron chi connectivity index (χ3n) is 1.52. The van der Waals surface area contributed by atoms with E-state index < -0.39 is 0 Å². The summed E-state index contributed by atoms with van der Waals surface area (Å²) < 4.78 is 0. The molecule has 1 heteroatoms. The number of hydrogen-bond donors (Lipinski definition) is 0. The molecule has 38 valence electrons. The Morgan fingerprint density at radius 1 is 1.43 bits per heavy atom. The van der Waals surface area contributed by atoms with Crippen molar-refractivity contribution in [3.8, 4) is 0 Å². The highest BCUT2D eigenvalue weighted by Crippen LogP contribution is 2.13. The highest BCUT2D eigenvalue weighted by molar-refractivity contribution is 6.21. The molecule has 0 bridgehead atoms. The third-order valence-corrected chi connectivity index (χ3v) is 1.52. The van der Waals surface area contributed by atoms with Crippen LogP contribution in [-0.4, -0.2) is 7.85 Å². The monoisotopic (exact) mass is 94.1 g/mol. The smallest absolute Gasteiger partial charge is 0.114 e. The maximum Gasteiger partial charge on any atom is 0.133 e. The largest absolute Gasteiger partial charge is 0.133 e. The number of allylic oxidation sites excluding steroid dienone is 2. The topological polar surface area (TPSA) is 0 Å². The summed E-state index contributed by atoms with van der Waals surface area (Å²) in [4.78, 5) is 0. The molecule has 1 aliphatic carbocycles. The molecular weight excluding hydrogens is 82.9 g/mol. The highest BCUT2D eigenvalue weighted by Gasteiger charge is 1.95. The molecule has 0 unspecified atom stereocenters. The van der Waals surface area contributed by atoms with Crippen molar-refractivity contribution in [1.82, 2.24) is 0 Å². The average molecular weight is 94.0 g/mol. The summed E-state index contributed by atoms with van der Waals surface area (Å²) in [6, 6.07) is 0. The van der Waals surface area contributed by atoms with E-state index in [1.165, 1.54) is 25.7 Å². The summed E-state index contributed by atoms with van der Waals surface area (Å²) >= 11 is 0. The molecule has 0 saturated carbocycles. The van der Waals surface area contributed by atoms with Crippen LogP contribution in [0.4, 0.5) is 0 Å². The Labute approximate surface area is 46.0 Å². The highest BCUT2D eigenvalue weighted by atomic mass is 14.0. The number of hydrogen-bond acceptors (Lipinski definition) is 0. The molecule has 0 amide bonds. The maximum atomic E-state index is 2.35. The summed E-state index contributed by atoms with van der Waals surface area (Å²) in [5.41, 5.74) is 1.59. The fraction of sp³-hybridized carbons (Fsp3) is 0.667. The first kappa shape index (κ1) is 4.95. The molecule has 0 radical (unpaired) electrons. The van der Waals surface area contributed by atoms with E-state index >= 15 is 0 Å². The van der Waals surface area contributed by atoms with Gasteiger partial charge in [-0.2, -0.15) is 0 Å². The molecule has 0 aromatic carbocycles. The molecule has 0 nitrogen and oxygen atoms in total. The second-order valence-corrected chi connectivity index (χ2v) is 2.30. The second kappa shape index (κ2) is 2.20. The van der Waals surface area contributed by atoms with E-state index in [0.717, 1.165) is 0 Å². The Kier molecular flexibility index (Phi) is 1.56. The van der Waals surface area contributed by atoms with Crippen LogP contribution < -0.4 is 0 Å². The standard InChI is InChI=1S/C6H11B/c7-6-4-2-1-3-5-6/h4H,1-3,5,7H2. The minimum Gasteiger partial charge on any atom is -0.114 e. The van der Waals surface area contributed by atoms with Crippen molar-refractivity contribution >= 4 is 7.85 Å². The zero-order chi connectivity index (χ0) is 5.11. The summed E-state index contributed by atoms with van der Waals surface area (Å²) in [6.07, 6.45) is 7.86. The molecule has 0 fully saturated rings. The molecule has 0 saturated heterocycles. The molecule has 0 heterocycles. The van der Waals surface area contributed by atoms with Gasteiger partial charge in [-0.3, -0.25) is 0 Å². The van der Waals surface area contributed by atoms with Crippen LogP contribution in [0.25, 0.3) is 0 Å². The maximum absolute atomic E-state index is 2.35. The van der Waals surface area contributed by atoms with Crippen LogP contribution in [-0.2, 0) is 0 Å². The second-order valence-electron chi connectivity index (χ2n) is 2.30. The molecule has 1 rings (SSSR count). The fourth-order valence-electron chi connectivity index (χ4n) is 0.999. The first-order chi connectivity index (χ1) is 3.39. The van der Waals surface area contributed by atoms with Crippen molar-refractivity contribution in [2.75, 3.05) is 0 Å². The van der Waals surface area contributed by atoms with Crippen LogP contribution in [0.15, 0.2) is 11.5 Å². The van der Waals surface area contributed by atoms with Crippen LogP contribution in [0, 0.1) is 0 Å². The minimum absolute atomic E-state index is 1.33. The van der Waals surface area contributed by atoms with Crippen LogP contribution >= 0.6 is 0 Å².